The fourth-order valence-corrected chi connectivity index (χ4v) is 3.31. The predicted molar refractivity (Wildman–Crippen MR) is 126 cm³/mol. The Bertz CT molecular complexity index is 1010. The van der Waals surface area contributed by atoms with E-state index in [4.69, 9.17) is 9.47 Å². The van der Waals surface area contributed by atoms with Gasteiger partial charge in [-0.05, 0) is 51.7 Å². The monoisotopic (exact) mass is 519 g/mol. The minimum atomic E-state index is -0.773. The molecule has 0 aliphatic heterocycles. The van der Waals surface area contributed by atoms with E-state index in [1.165, 1.54) is 20.4 Å². The minimum absolute atomic E-state index is 0.159. The van der Waals surface area contributed by atoms with Crippen LogP contribution >= 0.6 is 15.9 Å². The topological polar surface area (TPSA) is 115 Å². The number of hydrogen-bond donors (Lipinski definition) is 2. The molecule has 1 atom stereocenters. The number of hydrazone groups is 1. The van der Waals surface area contributed by atoms with Crippen LogP contribution in [0.5, 0.6) is 11.5 Å². The number of esters is 1. The number of benzene rings is 2. The van der Waals surface area contributed by atoms with Crippen LogP contribution in [-0.4, -0.2) is 50.9 Å². The Labute approximate surface area is 200 Å². The van der Waals surface area contributed by atoms with E-state index in [0.29, 0.717) is 27.1 Å². The van der Waals surface area contributed by atoms with Crippen LogP contribution < -0.4 is 20.2 Å². The van der Waals surface area contributed by atoms with Gasteiger partial charge < -0.3 is 19.5 Å². The van der Waals surface area contributed by atoms with Crippen molar-refractivity contribution in [2.24, 2.45) is 11.0 Å². The van der Waals surface area contributed by atoms with Crippen LogP contribution in [-0.2, 0) is 14.3 Å². The van der Waals surface area contributed by atoms with E-state index < -0.39 is 17.9 Å². The molecule has 2 N–H and O–H groups in total. The number of hydrogen-bond acceptors (Lipinski definition) is 7. The smallest absolute Gasteiger partial charge is 0.343 e. The first-order valence-electron chi connectivity index (χ1n) is 10.0. The van der Waals surface area contributed by atoms with E-state index in [9.17, 15) is 14.4 Å². The molecule has 0 radical (unpaired) electrons. The third kappa shape index (κ3) is 7.60. The van der Waals surface area contributed by atoms with Crippen molar-refractivity contribution in [2.45, 2.75) is 19.9 Å². The Morgan fingerprint density at radius 2 is 1.82 bits per heavy atom. The maximum Gasteiger partial charge on any atom is 0.343 e. The standard InChI is InChI=1S/C23H26BrN3O6/c1-14(2)20(26-22(29)16-8-6-5-7-9-16)23(30)27-25-12-15-10-17(24)21(18(11-15)31-3)33-13-19(28)32-4/h5-12,14,20H,13H2,1-4H3,(H,26,29)(H,27,30)/b25-12+. The lowest BCUT2D eigenvalue weighted by Gasteiger charge is -2.20. The fourth-order valence-electron chi connectivity index (χ4n) is 2.73. The summed E-state index contributed by atoms with van der Waals surface area (Å²) in [4.78, 5) is 36.4. The summed E-state index contributed by atoms with van der Waals surface area (Å²) in [6.07, 6.45) is 1.42. The van der Waals surface area contributed by atoms with Gasteiger partial charge in [-0.25, -0.2) is 10.2 Å². The van der Waals surface area contributed by atoms with Crippen molar-refractivity contribution in [2.75, 3.05) is 20.8 Å². The molecule has 176 valence electrons. The number of halogens is 1. The van der Waals surface area contributed by atoms with Crippen LogP contribution in [0.15, 0.2) is 52.0 Å². The largest absolute Gasteiger partial charge is 0.493 e. The highest BCUT2D eigenvalue weighted by atomic mass is 79.9. The van der Waals surface area contributed by atoms with Crippen LogP contribution in [0.3, 0.4) is 0 Å². The summed E-state index contributed by atoms with van der Waals surface area (Å²) in [5.74, 6) is -0.798. The van der Waals surface area contributed by atoms with Crippen molar-refractivity contribution >= 4 is 39.9 Å². The highest BCUT2D eigenvalue weighted by molar-refractivity contribution is 9.10. The number of nitrogens with zero attached hydrogens (tertiary/aromatic N) is 1. The lowest BCUT2D eigenvalue weighted by atomic mass is 10.0. The van der Waals surface area contributed by atoms with E-state index in [1.54, 1.807) is 36.4 Å². The fraction of sp³-hybridized carbons (Fsp3) is 0.304. The number of rotatable bonds is 10. The van der Waals surface area contributed by atoms with Gasteiger partial charge in [0.1, 0.15) is 6.04 Å². The molecular weight excluding hydrogens is 494 g/mol. The molecule has 0 aromatic heterocycles. The zero-order chi connectivity index (χ0) is 24.4. The van der Waals surface area contributed by atoms with Crippen LogP contribution in [0.1, 0.15) is 29.8 Å². The number of carbonyl (C=O) groups is 3. The summed E-state index contributed by atoms with van der Waals surface area (Å²) in [6.45, 7) is 3.38. The first-order chi connectivity index (χ1) is 15.8. The third-order valence-electron chi connectivity index (χ3n) is 4.47. The molecule has 0 aliphatic carbocycles. The second-order valence-corrected chi connectivity index (χ2v) is 8.05. The van der Waals surface area contributed by atoms with Gasteiger partial charge in [0.2, 0.25) is 0 Å². The van der Waals surface area contributed by atoms with Gasteiger partial charge in [0.05, 0.1) is 24.9 Å². The van der Waals surface area contributed by atoms with Gasteiger partial charge in [0.15, 0.2) is 18.1 Å². The highest BCUT2D eigenvalue weighted by Gasteiger charge is 2.24. The molecule has 9 nitrogen and oxygen atoms in total. The molecule has 0 aliphatic rings. The Kier molecular flexibility index (Phi) is 9.86. The maximum absolute atomic E-state index is 12.6. The van der Waals surface area contributed by atoms with Gasteiger partial charge in [-0.15, -0.1) is 0 Å². The molecule has 2 aromatic carbocycles. The zero-order valence-electron chi connectivity index (χ0n) is 18.8. The average Bonchev–Trinajstić information content (AvgIpc) is 2.81. The van der Waals surface area contributed by atoms with E-state index in [1.807, 2.05) is 19.9 Å². The first-order valence-corrected chi connectivity index (χ1v) is 10.8. The summed E-state index contributed by atoms with van der Waals surface area (Å²) in [7, 11) is 2.72. The summed E-state index contributed by atoms with van der Waals surface area (Å²) in [5, 5.41) is 6.73. The SMILES string of the molecule is COC(=O)COc1c(Br)cc(/C=N/NC(=O)C(NC(=O)c2ccccc2)C(C)C)cc1OC. The number of amides is 2. The normalized spacial score (nSPS) is 11.7. The first kappa shape index (κ1) is 25.9. The second-order valence-electron chi connectivity index (χ2n) is 7.19. The van der Waals surface area contributed by atoms with Crippen LogP contribution in [0, 0.1) is 5.92 Å². The molecule has 1 unspecified atom stereocenters. The molecule has 0 heterocycles. The molecule has 10 heteroatoms. The predicted octanol–water partition coefficient (Wildman–Crippen LogP) is 2.91. The van der Waals surface area contributed by atoms with Crippen LogP contribution in [0.2, 0.25) is 0 Å². The van der Waals surface area contributed by atoms with Gasteiger partial charge in [-0.2, -0.15) is 5.10 Å². The van der Waals surface area contributed by atoms with E-state index in [2.05, 4.69) is 36.5 Å². The zero-order valence-corrected chi connectivity index (χ0v) is 20.3. The third-order valence-corrected chi connectivity index (χ3v) is 5.06. The Morgan fingerprint density at radius 1 is 1.12 bits per heavy atom. The van der Waals surface area contributed by atoms with E-state index in [-0.39, 0.29) is 18.4 Å². The molecule has 0 saturated heterocycles. The Balaban J connectivity index is 2.07. The molecule has 2 amide bonds. The molecule has 33 heavy (non-hydrogen) atoms. The van der Waals surface area contributed by atoms with Gasteiger partial charge >= 0.3 is 5.97 Å². The molecule has 0 saturated carbocycles. The van der Waals surface area contributed by atoms with Crippen molar-refractivity contribution in [1.82, 2.24) is 10.7 Å². The summed E-state index contributed by atoms with van der Waals surface area (Å²) in [6, 6.07) is 11.2. The molecule has 0 spiro atoms. The number of ether oxygens (including phenoxy) is 3. The number of methoxy groups -OCH3 is 2. The Morgan fingerprint density at radius 3 is 2.42 bits per heavy atom. The van der Waals surface area contributed by atoms with E-state index in [0.717, 1.165) is 0 Å². The summed E-state index contributed by atoms with van der Waals surface area (Å²) in [5.41, 5.74) is 3.52. The van der Waals surface area contributed by atoms with Crippen molar-refractivity contribution in [1.29, 1.82) is 0 Å². The van der Waals surface area contributed by atoms with Crippen molar-refractivity contribution in [3.05, 3.63) is 58.1 Å². The van der Waals surface area contributed by atoms with Gasteiger partial charge in [0, 0.05) is 5.56 Å². The minimum Gasteiger partial charge on any atom is -0.493 e. The van der Waals surface area contributed by atoms with Crippen LogP contribution in [0.25, 0.3) is 0 Å². The van der Waals surface area contributed by atoms with Crippen molar-refractivity contribution in [3.63, 3.8) is 0 Å². The summed E-state index contributed by atoms with van der Waals surface area (Å²) < 4.78 is 15.8. The van der Waals surface area contributed by atoms with Crippen molar-refractivity contribution in [3.8, 4) is 11.5 Å². The highest BCUT2D eigenvalue weighted by Crippen LogP contribution is 2.36. The van der Waals surface area contributed by atoms with E-state index >= 15 is 0 Å². The van der Waals surface area contributed by atoms with Gasteiger partial charge in [-0.3, -0.25) is 9.59 Å². The molecule has 2 rings (SSSR count). The number of nitrogens with one attached hydrogen (secondary N) is 2. The van der Waals surface area contributed by atoms with Gasteiger partial charge in [-0.1, -0.05) is 32.0 Å². The van der Waals surface area contributed by atoms with Crippen LogP contribution in [0.4, 0.5) is 0 Å². The van der Waals surface area contributed by atoms with Gasteiger partial charge in [0.25, 0.3) is 11.8 Å². The molecule has 0 bridgehead atoms. The second kappa shape index (κ2) is 12.6. The number of carbonyl (C=O) groups excluding carboxylic acids is 3. The molecule has 2 aromatic rings. The quantitative estimate of drug-likeness (QED) is 0.283. The lowest BCUT2D eigenvalue weighted by molar-refractivity contribution is -0.143. The molecular formula is C23H26BrN3O6. The lowest BCUT2D eigenvalue weighted by Crippen LogP contribution is -2.48. The summed E-state index contributed by atoms with van der Waals surface area (Å²) >= 11 is 3.37. The maximum atomic E-state index is 12.6. The average molecular weight is 520 g/mol. The van der Waals surface area contributed by atoms with Crippen molar-refractivity contribution < 1.29 is 28.6 Å². The molecule has 0 fully saturated rings. The Hall–Kier alpha value is -3.40.